The summed E-state index contributed by atoms with van der Waals surface area (Å²) in [6.07, 6.45) is 2.49. The third-order valence-electron chi connectivity index (χ3n) is 2.34. The number of carbonyl (C=O) groups is 1. The molecule has 1 aromatic carbocycles. The molecule has 0 fully saturated rings. The van der Waals surface area contributed by atoms with Crippen LogP contribution in [0.15, 0.2) is 35.9 Å². The predicted molar refractivity (Wildman–Crippen MR) is 70.5 cm³/mol. The lowest BCUT2D eigenvalue weighted by atomic mass is 10.1. The first-order valence-corrected chi connectivity index (χ1v) is 5.82. The molecule has 0 bridgehead atoms. The van der Waals surface area contributed by atoms with E-state index in [0.717, 1.165) is 17.6 Å². The Bertz CT molecular complexity index is 389. The molecule has 3 heteroatoms. The standard InChI is InChI=1S/C14H20N2O/c1-11(2)9-14(17)16-10-13-5-3-12(4-6-13)7-8-15/h3-6,9H,7-8,10,15H2,1-2H3,(H,16,17). The van der Waals surface area contributed by atoms with Crippen molar-refractivity contribution in [3.63, 3.8) is 0 Å². The van der Waals surface area contributed by atoms with Crippen molar-refractivity contribution in [3.05, 3.63) is 47.0 Å². The monoisotopic (exact) mass is 232 g/mol. The molecule has 1 amide bonds. The van der Waals surface area contributed by atoms with E-state index < -0.39 is 0 Å². The van der Waals surface area contributed by atoms with E-state index in [1.807, 2.05) is 26.0 Å². The minimum Gasteiger partial charge on any atom is -0.348 e. The number of nitrogens with two attached hydrogens (primary N) is 1. The van der Waals surface area contributed by atoms with Crippen molar-refractivity contribution in [2.24, 2.45) is 5.73 Å². The SMILES string of the molecule is CC(C)=CC(=O)NCc1ccc(CCN)cc1. The largest absolute Gasteiger partial charge is 0.348 e. The van der Waals surface area contributed by atoms with Crippen molar-refractivity contribution in [2.75, 3.05) is 6.54 Å². The Morgan fingerprint density at radius 2 is 1.82 bits per heavy atom. The average molecular weight is 232 g/mol. The molecular weight excluding hydrogens is 212 g/mol. The van der Waals surface area contributed by atoms with Gasteiger partial charge in [0.05, 0.1) is 0 Å². The maximum Gasteiger partial charge on any atom is 0.244 e. The van der Waals surface area contributed by atoms with E-state index in [1.54, 1.807) is 6.08 Å². The lowest BCUT2D eigenvalue weighted by molar-refractivity contribution is -0.116. The van der Waals surface area contributed by atoms with Crippen molar-refractivity contribution < 1.29 is 4.79 Å². The van der Waals surface area contributed by atoms with Gasteiger partial charge in [-0.15, -0.1) is 0 Å². The zero-order valence-corrected chi connectivity index (χ0v) is 10.5. The molecule has 3 nitrogen and oxygen atoms in total. The number of carbonyl (C=O) groups excluding carboxylic acids is 1. The zero-order valence-electron chi connectivity index (χ0n) is 10.5. The zero-order chi connectivity index (χ0) is 12.7. The smallest absolute Gasteiger partial charge is 0.244 e. The number of nitrogens with one attached hydrogen (secondary N) is 1. The van der Waals surface area contributed by atoms with Gasteiger partial charge in [0.1, 0.15) is 0 Å². The Morgan fingerprint density at radius 1 is 1.24 bits per heavy atom. The molecule has 0 aromatic heterocycles. The molecule has 0 saturated heterocycles. The minimum absolute atomic E-state index is 0.0453. The van der Waals surface area contributed by atoms with Crippen molar-refractivity contribution >= 4 is 5.91 Å². The van der Waals surface area contributed by atoms with E-state index in [-0.39, 0.29) is 5.91 Å². The van der Waals surface area contributed by atoms with Crippen LogP contribution in [0, 0.1) is 0 Å². The molecule has 0 spiro atoms. The molecule has 92 valence electrons. The van der Waals surface area contributed by atoms with E-state index in [2.05, 4.69) is 17.4 Å². The molecule has 0 saturated carbocycles. The van der Waals surface area contributed by atoms with Crippen LogP contribution in [0.25, 0.3) is 0 Å². The van der Waals surface area contributed by atoms with Gasteiger partial charge in [0.15, 0.2) is 0 Å². The predicted octanol–water partition coefficient (Wildman–Crippen LogP) is 1.77. The first kappa shape index (κ1) is 13.5. The topological polar surface area (TPSA) is 55.1 Å². The first-order chi connectivity index (χ1) is 8.11. The molecule has 3 N–H and O–H groups in total. The quantitative estimate of drug-likeness (QED) is 0.760. The van der Waals surface area contributed by atoms with Crippen LogP contribution in [-0.4, -0.2) is 12.5 Å². The highest BCUT2D eigenvalue weighted by Crippen LogP contribution is 2.04. The second kappa shape index (κ2) is 6.86. The maximum atomic E-state index is 11.4. The highest BCUT2D eigenvalue weighted by molar-refractivity contribution is 5.87. The van der Waals surface area contributed by atoms with Crippen LogP contribution >= 0.6 is 0 Å². The number of hydrogen-bond acceptors (Lipinski definition) is 2. The van der Waals surface area contributed by atoms with Gasteiger partial charge < -0.3 is 11.1 Å². The molecule has 0 aliphatic rings. The lowest BCUT2D eigenvalue weighted by Gasteiger charge is -2.04. The van der Waals surface area contributed by atoms with Crippen LogP contribution in [0.5, 0.6) is 0 Å². The number of hydrogen-bond donors (Lipinski definition) is 2. The van der Waals surface area contributed by atoms with Crippen LogP contribution in [0.1, 0.15) is 25.0 Å². The summed E-state index contributed by atoms with van der Waals surface area (Å²) in [4.78, 5) is 11.4. The molecule has 0 unspecified atom stereocenters. The van der Waals surface area contributed by atoms with Gasteiger partial charge in [-0.25, -0.2) is 0 Å². The van der Waals surface area contributed by atoms with Gasteiger partial charge in [0, 0.05) is 12.6 Å². The van der Waals surface area contributed by atoms with Gasteiger partial charge in [-0.1, -0.05) is 29.8 Å². The average Bonchev–Trinajstić information content (AvgIpc) is 2.28. The summed E-state index contributed by atoms with van der Waals surface area (Å²) in [7, 11) is 0. The Labute approximate surface area is 103 Å². The van der Waals surface area contributed by atoms with Crippen molar-refractivity contribution in [1.82, 2.24) is 5.32 Å². The van der Waals surface area contributed by atoms with Crippen molar-refractivity contribution in [3.8, 4) is 0 Å². The maximum absolute atomic E-state index is 11.4. The van der Waals surface area contributed by atoms with Crippen LogP contribution in [-0.2, 0) is 17.8 Å². The summed E-state index contributed by atoms with van der Waals surface area (Å²) in [5.74, 6) is -0.0453. The van der Waals surface area contributed by atoms with Gasteiger partial charge in [-0.3, -0.25) is 4.79 Å². The second-order valence-electron chi connectivity index (χ2n) is 4.29. The molecule has 0 heterocycles. The highest BCUT2D eigenvalue weighted by atomic mass is 16.1. The fourth-order valence-electron chi connectivity index (χ4n) is 1.49. The van der Waals surface area contributed by atoms with Gasteiger partial charge >= 0.3 is 0 Å². The normalized spacial score (nSPS) is 9.82. The Kier molecular flexibility index (Phi) is 5.43. The van der Waals surface area contributed by atoms with Crippen LogP contribution in [0.3, 0.4) is 0 Å². The molecule has 0 radical (unpaired) electrons. The van der Waals surface area contributed by atoms with Crippen molar-refractivity contribution in [1.29, 1.82) is 0 Å². The summed E-state index contributed by atoms with van der Waals surface area (Å²) in [5, 5.41) is 2.84. The molecule has 0 aliphatic heterocycles. The summed E-state index contributed by atoms with van der Waals surface area (Å²) >= 11 is 0. The van der Waals surface area contributed by atoms with Gasteiger partial charge in [0.25, 0.3) is 0 Å². The van der Waals surface area contributed by atoms with E-state index in [1.165, 1.54) is 5.56 Å². The third-order valence-corrected chi connectivity index (χ3v) is 2.34. The Hall–Kier alpha value is -1.61. The van der Waals surface area contributed by atoms with Gasteiger partial charge in [0.2, 0.25) is 5.91 Å². The number of allylic oxidation sites excluding steroid dienone is 1. The van der Waals surface area contributed by atoms with Crippen LogP contribution < -0.4 is 11.1 Å². The van der Waals surface area contributed by atoms with Crippen LogP contribution in [0.2, 0.25) is 0 Å². The molecule has 1 rings (SSSR count). The summed E-state index contributed by atoms with van der Waals surface area (Å²) in [6, 6.07) is 8.14. The summed E-state index contributed by atoms with van der Waals surface area (Å²) in [6.45, 7) is 5.03. The van der Waals surface area contributed by atoms with Gasteiger partial charge in [-0.05, 0) is 37.9 Å². The van der Waals surface area contributed by atoms with E-state index >= 15 is 0 Å². The van der Waals surface area contributed by atoms with Crippen LogP contribution in [0.4, 0.5) is 0 Å². The summed E-state index contributed by atoms with van der Waals surface area (Å²) < 4.78 is 0. The second-order valence-corrected chi connectivity index (χ2v) is 4.29. The Morgan fingerprint density at radius 3 is 2.35 bits per heavy atom. The molecule has 0 atom stereocenters. The summed E-state index contributed by atoms with van der Waals surface area (Å²) in [5.41, 5.74) is 8.81. The third kappa shape index (κ3) is 5.31. The van der Waals surface area contributed by atoms with Crippen molar-refractivity contribution in [2.45, 2.75) is 26.8 Å². The fourth-order valence-corrected chi connectivity index (χ4v) is 1.49. The Balaban J connectivity index is 2.47. The lowest BCUT2D eigenvalue weighted by Crippen LogP contribution is -2.20. The minimum atomic E-state index is -0.0453. The number of benzene rings is 1. The fraction of sp³-hybridized carbons (Fsp3) is 0.357. The molecule has 17 heavy (non-hydrogen) atoms. The first-order valence-electron chi connectivity index (χ1n) is 5.82. The highest BCUT2D eigenvalue weighted by Gasteiger charge is 1.98. The van der Waals surface area contributed by atoms with Gasteiger partial charge in [-0.2, -0.15) is 0 Å². The van der Waals surface area contributed by atoms with E-state index in [9.17, 15) is 4.79 Å². The number of amides is 1. The molecule has 0 aliphatic carbocycles. The van der Waals surface area contributed by atoms with E-state index in [4.69, 9.17) is 5.73 Å². The molecular formula is C14H20N2O. The van der Waals surface area contributed by atoms with E-state index in [0.29, 0.717) is 13.1 Å². The molecule has 1 aromatic rings. The number of rotatable bonds is 5.